The first-order valence-electron chi connectivity index (χ1n) is 8.75. The lowest BCUT2D eigenvalue weighted by atomic mass is 9.89. The molecule has 3 nitrogen and oxygen atoms in total. The number of aromatic nitrogens is 2. The Hall–Kier alpha value is -2.39. The maximum absolute atomic E-state index is 4.53. The molecule has 122 valence electrons. The highest BCUT2D eigenvalue weighted by atomic mass is 15.1. The largest absolute Gasteiger partial charge is 0.341 e. The molecule has 0 radical (unpaired) electrons. The average Bonchev–Trinajstić information content (AvgIpc) is 3.12. The van der Waals surface area contributed by atoms with Crippen LogP contribution in [0.5, 0.6) is 0 Å². The quantitative estimate of drug-likeness (QED) is 0.770. The number of hydrogen-bond acceptors (Lipinski definition) is 2. The molecule has 1 fully saturated rings. The molecule has 0 amide bonds. The number of likely N-dealkylation sites (tertiary alicyclic amines) is 1. The minimum Gasteiger partial charge on any atom is -0.341 e. The minimum absolute atomic E-state index is 0.712. The van der Waals surface area contributed by atoms with E-state index in [0.29, 0.717) is 5.92 Å². The summed E-state index contributed by atoms with van der Waals surface area (Å²) in [6.45, 7) is 3.26. The third kappa shape index (κ3) is 3.41. The van der Waals surface area contributed by atoms with Crippen LogP contribution in [0.25, 0.3) is 11.4 Å². The summed E-state index contributed by atoms with van der Waals surface area (Å²) in [5.74, 6) is 1.67. The van der Waals surface area contributed by atoms with E-state index in [-0.39, 0.29) is 0 Å². The molecule has 0 saturated carbocycles. The second kappa shape index (κ2) is 7.02. The van der Waals surface area contributed by atoms with Crippen molar-refractivity contribution in [2.24, 2.45) is 0 Å². The number of aromatic amines is 1. The lowest BCUT2D eigenvalue weighted by Crippen LogP contribution is -2.32. The molecular weight excluding hydrogens is 294 g/mol. The van der Waals surface area contributed by atoms with Crippen molar-refractivity contribution in [3.05, 3.63) is 78.1 Å². The summed E-state index contributed by atoms with van der Waals surface area (Å²) < 4.78 is 0. The third-order valence-corrected chi connectivity index (χ3v) is 4.93. The number of nitrogens with zero attached hydrogens (tertiary/aromatic N) is 2. The molecule has 24 heavy (non-hydrogen) atoms. The maximum Gasteiger partial charge on any atom is 0.137 e. The Balaban J connectivity index is 1.35. The second-order valence-corrected chi connectivity index (χ2v) is 6.58. The summed E-state index contributed by atoms with van der Waals surface area (Å²) in [7, 11) is 0. The van der Waals surface area contributed by atoms with E-state index >= 15 is 0 Å². The van der Waals surface area contributed by atoms with Gasteiger partial charge in [-0.15, -0.1) is 0 Å². The second-order valence-electron chi connectivity index (χ2n) is 6.58. The van der Waals surface area contributed by atoms with Gasteiger partial charge in [-0.25, -0.2) is 4.98 Å². The summed E-state index contributed by atoms with van der Waals surface area (Å²) in [5.41, 5.74) is 3.84. The molecule has 3 heteroatoms. The molecule has 1 aliphatic rings. The molecule has 1 saturated heterocycles. The van der Waals surface area contributed by atoms with E-state index in [9.17, 15) is 0 Å². The van der Waals surface area contributed by atoms with Crippen molar-refractivity contribution in [1.82, 2.24) is 14.9 Å². The lowest BCUT2D eigenvalue weighted by molar-refractivity contribution is 0.203. The van der Waals surface area contributed by atoms with Crippen LogP contribution < -0.4 is 0 Å². The molecular formula is C21H23N3. The van der Waals surface area contributed by atoms with Crippen molar-refractivity contribution in [3.8, 4) is 11.4 Å². The summed E-state index contributed by atoms with van der Waals surface area (Å²) in [4.78, 5) is 10.5. The Labute approximate surface area is 143 Å². The van der Waals surface area contributed by atoms with Crippen molar-refractivity contribution < 1.29 is 0 Å². The van der Waals surface area contributed by atoms with Crippen LogP contribution in [0, 0.1) is 0 Å². The van der Waals surface area contributed by atoms with E-state index in [1.807, 2.05) is 24.4 Å². The Morgan fingerprint density at radius 3 is 2.29 bits per heavy atom. The molecule has 0 atom stereocenters. The standard InChI is InChI=1S/C21H23N3/c1-3-7-17(8-4-1)18-11-13-24(14-12-18)16-20-15-22-21(23-20)19-9-5-2-6-10-19/h1-10,15,18H,11-14,16H2,(H,22,23). The van der Waals surface area contributed by atoms with Gasteiger partial charge in [0.15, 0.2) is 0 Å². The third-order valence-electron chi connectivity index (χ3n) is 4.93. The van der Waals surface area contributed by atoms with Gasteiger partial charge in [-0.2, -0.15) is 0 Å². The minimum atomic E-state index is 0.712. The normalized spacial score (nSPS) is 16.3. The average molecular weight is 317 g/mol. The van der Waals surface area contributed by atoms with E-state index in [4.69, 9.17) is 0 Å². The Morgan fingerprint density at radius 2 is 1.58 bits per heavy atom. The number of imidazole rings is 1. The van der Waals surface area contributed by atoms with Gasteiger partial charge in [-0.3, -0.25) is 4.90 Å². The topological polar surface area (TPSA) is 31.9 Å². The van der Waals surface area contributed by atoms with Crippen LogP contribution >= 0.6 is 0 Å². The van der Waals surface area contributed by atoms with Crippen LogP contribution in [0.3, 0.4) is 0 Å². The molecule has 0 unspecified atom stereocenters. The molecule has 0 spiro atoms. The lowest BCUT2D eigenvalue weighted by Gasteiger charge is -2.31. The van der Waals surface area contributed by atoms with E-state index in [1.165, 1.54) is 24.1 Å². The molecule has 1 aliphatic heterocycles. The van der Waals surface area contributed by atoms with Gasteiger partial charge in [0, 0.05) is 24.0 Å². The smallest absolute Gasteiger partial charge is 0.137 e. The number of benzene rings is 2. The van der Waals surface area contributed by atoms with E-state index in [0.717, 1.165) is 31.0 Å². The zero-order chi connectivity index (χ0) is 16.2. The number of rotatable bonds is 4. The highest BCUT2D eigenvalue weighted by Gasteiger charge is 2.20. The fourth-order valence-electron chi connectivity index (χ4n) is 3.57. The summed E-state index contributed by atoms with van der Waals surface area (Å²) in [6.07, 6.45) is 4.46. The summed E-state index contributed by atoms with van der Waals surface area (Å²) in [6, 6.07) is 21.2. The van der Waals surface area contributed by atoms with Gasteiger partial charge in [0.05, 0.1) is 0 Å². The maximum atomic E-state index is 4.53. The predicted octanol–water partition coefficient (Wildman–Crippen LogP) is 4.46. The van der Waals surface area contributed by atoms with Crippen molar-refractivity contribution >= 4 is 0 Å². The van der Waals surface area contributed by atoms with Crippen LogP contribution in [0.1, 0.15) is 30.0 Å². The van der Waals surface area contributed by atoms with Gasteiger partial charge in [-0.05, 0) is 37.4 Å². The van der Waals surface area contributed by atoms with E-state index in [2.05, 4.69) is 57.3 Å². The van der Waals surface area contributed by atoms with E-state index < -0.39 is 0 Å². The van der Waals surface area contributed by atoms with Gasteiger partial charge < -0.3 is 4.98 Å². The molecule has 3 aromatic rings. The summed E-state index contributed by atoms with van der Waals surface area (Å²) in [5, 5.41) is 0. The SMILES string of the molecule is c1ccc(-c2ncc(CN3CCC(c4ccccc4)CC3)[nH]2)cc1. The van der Waals surface area contributed by atoms with Gasteiger partial charge >= 0.3 is 0 Å². The van der Waals surface area contributed by atoms with Crippen LogP contribution in [0.4, 0.5) is 0 Å². The van der Waals surface area contributed by atoms with Gasteiger partial charge in [0.1, 0.15) is 5.82 Å². The first-order chi connectivity index (χ1) is 11.9. The molecule has 0 aliphatic carbocycles. The van der Waals surface area contributed by atoms with Crippen molar-refractivity contribution in [3.63, 3.8) is 0 Å². The Kier molecular flexibility index (Phi) is 4.43. The molecule has 2 aromatic carbocycles. The van der Waals surface area contributed by atoms with Crippen LogP contribution in [-0.4, -0.2) is 28.0 Å². The van der Waals surface area contributed by atoms with Gasteiger partial charge in [0.2, 0.25) is 0 Å². The summed E-state index contributed by atoms with van der Waals surface area (Å²) >= 11 is 0. The highest BCUT2D eigenvalue weighted by Crippen LogP contribution is 2.28. The van der Waals surface area contributed by atoms with Crippen LogP contribution in [-0.2, 0) is 6.54 Å². The number of nitrogens with one attached hydrogen (secondary N) is 1. The zero-order valence-corrected chi connectivity index (χ0v) is 13.9. The van der Waals surface area contributed by atoms with Crippen LogP contribution in [0.15, 0.2) is 66.9 Å². The first kappa shape index (κ1) is 15.2. The fourth-order valence-corrected chi connectivity index (χ4v) is 3.57. The number of piperidine rings is 1. The number of H-pyrrole nitrogens is 1. The Bertz CT molecular complexity index is 756. The van der Waals surface area contributed by atoms with Gasteiger partial charge in [0.25, 0.3) is 0 Å². The number of hydrogen-bond donors (Lipinski definition) is 1. The van der Waals surface area contributed by atoms with Crippen molar-refractivity contribution in [2.75, 3.05) is 13.1 Å². The zero-order valence-electron chi connectivity index (χ0n) is 13.9. The Morgan fingerprint density at radius 1 is 0.917 bits per heavy atom. The molecule has 4 rings (SSSR count). The highest BCUT2D eigenvalue weighted by molar-refractivity contribution is 5.54. The fraction of sp³-hybridized carbons (Fsp3) is 0.286. The monoisotopic (exact) mass is 317 g/mol. The van der Waals surface area contributed by atoms with Crippen molar-refractivity contribution in [1.29, 1.82) is 0 Å². The molecule has 2 heterocycles. The predicted molar refractivity (Wildman–Crippen MR) is 97.7 cm³/mol. The van der Waals surface area contributed by atoms with Crippen molar-refractivity contribution in [2.45, 2.75) is 25.3 Å². The van der Waals surface area contributed by atoms with Gasteiger partial charge in [-0.1, -0.05) is 60.7 Å². The van der Waals surface area contributed by atoms with E-state index in [1.54, 1.807) is 0 Å². The molecule has 0 bridgehead atoms. The first-order valence-corrected chi connectivity index (χ1v) is 8.75. The molecule has 1 N–H and O–H groups in total. The van der Waals surface area contributed by atoms with Crippen LogP contribution in [0.2, 0.25) is 0 Å². The molecule has 1 aromatic heterocycles.